The molecule has 1 N–H and O–H groups in total. The third kappa shape index (κ3) is 3.23. The maximum absolute atomic E-state index is 11.8. The average Bonchev–Trinajstić information content (AvgIpc) is 2.78. The first-order chi connectivity index (χ1) is 8.81. The van der Waals surface area contributed by atoms with Crippen LogP contribution >= 0.6 is 0 Å². The van der Waals surface area contributed by atoms with Crippen LogP contribution in [0.5, 0.6) is 0 Å². The molecule has 1 aromatic rings. The maximum atomic E-state index is 11.8. The fourth-order valence-electron chi connectivity index (χ4n) is 2.24. The molecule has 0 bridgehead atoms. The molecule has 4 nitrogen and oxygen atoms in total. The van der Waals surface area contributed by atoms with Crippen molar-refractivity contribution in [3.05, 3.63) is 29.8 Å². The van der Waals surface area contributed by atoms with Crippen LogP contribution in [0.15, 0.2) is 24.3 Å². The Kier molecular flexibility index (Phi) is 4.59. The highest BCUT2D eigenvalue weighted by atomic mass is 16.5. The molecule has 4 heteroatoms. The minimum absolute atomic E-state index is 0.0859. The summed E-state index contributed by atoms with van der Waals surface area (Å²) in [7, 11) is 1.67. The molecule has 1 aliphatic heterocycles. The Hall–Kier alpha value is -1.55. The molecule has 0 radical (unpaired) electrons. The first-order valence-corrected chi connectivity index (χ1v) is 6.40. The van der Waals surface area contributed by atoms with Gasteiger partial charge in [-0.1, -0.05) is 18.2 Å². The Morgan fingerprint density at radius 1 is 1.44 bits per heavy atom. The van der Waals surface area contributed by atoms with E-state index in [1.54, 1.807) is 7.11 Å². The van der Waals surface area contributed by atoms with E-state index >= 15 is 0 Å². The van der Waals surface area contributed by atoms with E-state index < -0.39 is 0 Å². The van der Waals surface area contributed by atoms with E-state index in [9.17, 15) is 4.79 Å². The van der Waals surface area contributed by atoms with Gasteiger partial charge in [0.25, 0.3) is 0 Å². The second-order valence-electron chi connectivity index (χ2n) is 4.50. The number of anilines is 1. The van der Waals surface area contributed by atoms with Gasteiger partial charge in [0.05, 0.1) is 6.54 Å². The Labute approximate surface area is 108 Å². The van der Waals surface area contributed by atoms with E-state index in [1.165, 1.54) is 11.3 Å². The summed E-state index contributed by atoms with van der Waals surface area (Å²) in [5, 5.41) is 2.91. The van der Waals surface area contributed by atoms with Crippen molar-refractivity contribution in [2.24, 2.45) is 0 Å². The molecule has 1 aliphatic rings. The van der Waals surface area contributed by atoms with Crippen molar-refractivity contribution in [2.75, 3.05) is 38.3 Å². The van der Waals surface area contributed by atoms with Crippen LogP contribution < -0.4 is 10.2 Å². The fourth-order valence-corrected chi connectivity index (χ4v) is 2.24. The number of rotatable bonds is 6. The van der Waals surface area contributed by atoms with Gasteiger partial charge in [0, 0.05) is 32.5 Å². The van der Waals surface area contributed by atoms with Crippen molar-refractivity contribution in [3.63, 3.8) is 0 Å². The third-order valence-electron chi connectivity index (χ3n) is 3.17. The molecule has 18 heavy (non-hydrogen) atoms. The zero-order valence-corrected chi connectivity index (χ0v) is 10.8. The zero-order valence-electron chi connectivity index (χ0n) is 10.8. The van der Waals surface area contributed by atoms with Crippen molar-refractivity contribution in [1.29, 1.82) is 0 Å². The van der Waals surface area contributed by atoms with Gasteiger partial charge in [0.15, 0.2) is 0 Å². The van der Waals surface area contributed by atoms with Crippen LogP contribution in [0.4, 0.5) is 5.69 Å². The van der Waals surface area contributed by atoms with Crippen molar-refractivity contribution in [2.45, 2.75) is 12.8 Å². The number of para-hydroxylation sites is 1. The van der Waals surface area contributed by atoms with Crippen LogP contribution in [-0.2, 0) is 16.0 Å². The highest BCUT2D eigenvalue weighted by molar-refractivity contribution is 5.82. The van der Waals surface area contributed by atoms with E-state index in [0.717, 1.165) is 19.4 Å². The lowest BCUT2D eigenvalue weighted by Crippen LogP contribution is -2.37. The minimum Gasteiger partial charge on any atom is -0.385 e. The molecule has 0 unspecified atom stereocenters. The molecule has 0 spiro atoms. The van der Waals surface area contributed by atoms with Gasteiger partial charge >= 0.3 is 0 Å². The van der Waals surface area contributed by atoms with Crippen LogP contribution in [0.2, 0.25) is 0 Å². The first kappa shape index (κ1) is 12.9. The number of nitrogens with one attached hydrogen (secondary N) is 1. The molecule has 1 aromatic carbocycles. The molecule has 0 saturated heterocycles. The van der Waals surface area contributed by atoms with Crippen LogP contribution in [-0.4, -0.2) is 39.3 Å². The molecule has 0 aliphatic carbocycles. The summed E-state index contributed by atoms with van der Waals surface area (Å²) < 4.78 is 4.94. The smallest absolute Gasteiger partial charge is 0.239 e. The highest BCUT2D eigenvalue weighted by Crippen LogP contribution is 2.26. The van der Waals surface area contributed by atoms with Gasteiger partial charge < -0.3 is 15.0 Å². The Morgan fingerprint density at radius 3 is 3.11 bits per heavy atom. The van der Waals surface area contributed by atoms with Gasteiger partial charge in [-0.15, -0.1) is 0 Å². The molecule has 0 saturated carbocycles. The van der Waals surface area contributed by atoms with E-state index in [2.05, 4.69) is 22.3 Å². The lowest BCUT2D eigenvalue weighted by molar-refractivity contribution is -0.119. The van der Waals surface area contributed by atoms with Crippen LogP contribution in [0, 0.1) is 0 Å². The third-order valence-corrected chi connectivity index (χ3v) is 3.17. The number of hydrogen-bond acceptors (Lipinski definition) is 3. The molecule has 0 atom stereocenters. The van der Waals surface area contributed by atoms with Gasteiger partial charge in [-0.2, -0.15) is 0 Å². The van der Waals surface area contributed by atoms with Crippen LogP contribution in [0.25, 0.3) is 0 Å². The summed E-state index contributed by atoms with van der Waals surface area (Å²) in [5.74, 6) is 0.0859. The summed E-state index contributed by atoms with van der Waals surface area (Å²) in [5.41, 5.74) is 2.54. The van der Waals surface area contributed by atoms with Crippen molar-refractivity contribution in [1.82, 2.24) is 5.32 Å². The van der Waals surface area contributed by atoms with Gasteiger partial charge in [0.1, 0.15) is 0 Å². The first-order valence-electron chi connectivity index (χ1n) is 6.40. The fraction of sp³-hybridized carbons (Fsp3) is 0.500. The lowest BCUT2D eigenvalue weighted by Gasteiger charge is -2.18. The Bertz CT molecular complexity index is 407. The number of nitrogens with zero attached hydrogens (tertiary/aromatic N) is 1. The van der Waals surface area contributed by atoms with Crippen molar-refractivity contribution >= 4 is 11.6 Å². The molecule has 0 aromatic heterocycles. The minimum atomic E-state index is 0.0859. The summed E-state index contributed by atoms with van der Waals surface area (Å²) in [6, 6.07) is 8.28. The summed E-state index contributed by atoms with van der Waals surface area (Å²) in [6.07, 6.45) is 1.89. The number of carbonyl (C=O) groups excluding carboxylic acids is 1. The maximum Gasteiger partial charge on any atom is 0.239 e. The molecular weight excluding hydrogens is 228 g/mol. The number of fused-ring (bicyclic) bond motifs is 1. The van der Waals surface area contributed by atoms with Crippen molar-refractivity contribution < 1.29 is 9.53 Å². The molecule has 1 heterocycles. The van der Waals surface area contributed by atoms with Gasteiger partial charge in [-0.05, 0) is 24.5 Å². The second-order valence-corrected chi connectivity index (χ2v) is 4.50. The zero-order chi connectivity index (χ0) is 12.8. The normalized spacial score (nSPS) is 13.5. The molecule has 0 fully saturated rings. The van der Waals surface area contributed by atoms with E-state index in [-0.39, 0.29) is 5.91 Å². The SMILES string of the molecule is COCCCNC(=O)CN1CCc2ccccc21. The molecule has 1 amide bonds. The largest absolute Gasteiger partial charge is 0.385 e. The number of ether oxygens (including phenoxy) is 1. The van der Waals surface area contributed by atoms with Crippen LogP contribution in [0.3, 0.4) is 0 Å². The highest BCUT2D eigenvalue weighted by Gasteiger charge is 2.19. The summed E-state index contributed by atoms with van der Waals surface area (Å²) in [6.45, 7) is 2.75. The van der Waals surface area contributed by atoms with E-state index in [1.807, 2.05) is 12.1 Å². The molecular formula is C14H20N2O2. The molecule has 2 rings (SSSR count). The predicted molar refractivity (Wildman–Crippen MR) is 71.9 cm³/mol. The van der Waals surface area contributed by atoms with Gasteiger partial charge in [-0.25, -0.2) is 0 Å². The average molecular weight is 248 g/mol. The number of hydrogen-bond donors (Lipinski definition) is 1. The topological polar surface area (TPSA) is 41.6 Å². The lowest BCUT2D eigenvalue weighted by atomic mass is 10.2. The predicted octanol–water partition coefficient (Wildman–Crippen LogP) is 1.20. The van der Waals surface area contributed by atoms with E-state index in [0.29, 0.717) is 19.7 Å². The number of benzene rings is 1. The van der Waals surface area contributed by atoms with E-state index in [4.69, 9.17) is 4.74 Å². The number of carbonyl (C=O) groups is 1. The molecule has 98 valence electrons. The Balaban J connectivity index is 1.79. The summed E-state index contributed by atoms with van der Waals surface area (Å²) >= 11 is 0. The quantitative estimate of drug-likeness (QED) is 0.769. The Morgan fingerprint density at radius 2 is 2.28 bits per heavy atom. The van der Waals surface area contributed by atoms with Gasteiger partial charge in [-0.3, -0.25) is 4.79 Å². The monoisotopic (exact) mass is 248 g/mol. The number of amides is 1. The summed E-state index contributed by atoms with van der Waals surface area (Å²) in [4.78, 5) is 13.9. The van der Waals surface area contributed by atoms with Crippen LogP contribution in [0.1, 0.15) is 12.0 Å². The second kappa shape index (κ2) is 6.40. The standard InChI is InChI=1S/C14H20N2O2/c1-18-10-4-8-15-14(17)11-16-9-7-12-5-2-3-6-13(12)16/h2-3,5-6H,4,7-11H2,1H3,(H,15,17). The number of methoxy groups -OCH3 is 1. The van der Waals surface area contributed by atoms with Crippen molar-refractivity contribution in [3.8, 4) is 0 Å². The van der Waals surface area contributed by atoms with Gasteiger partial charge in [0.2, 0.25) is 5.91 Å².